The number of thiazole rings is 1. The molecule has 6 heterocycles. The van der Waals surface area contributed by atoms with Crippen molar-refractivity contribution >= 4 is 74.3 Å². The zero-order chi connectivity index (χ0) is 40.2. The molecule has 0 unspecified atom stereocenters. The number of amides is 4. The first-order chi connectivity index (χ1) is 28.1. The molecule has 4 amide bonds. The smallest absolute Gasteiger partial charge is 0.268 e. The fourth-order valence-corrected chi connectivity index (χ4v) is 8.89. The molecule has 302 valence electrons. The van der Waals surface area contributed by atoms with Gasteiger partial charge in [0, 0.05) is 62.1 Å². The summed E-state index contributed by atoms with van der Waals surface area (Å²) in [5.74, 6) is 0.318. The maximum absolute atomic E-state index is 12.9. The van der Waals surface area contributed by atoms with E-state index in [0.29, 0.717) is 53.4 Å². The predicted molar refractivity (Wildman–Crippen MR) is 224 cm³/mol. The second-order valence-electron chi connectivity index (χ2n) is 15.3. The Morgan fingerprint density at radius 1 is 0.914 bits per heavy atom. The number of rotatable bonds is 12. The van der Waals surface area contributed by atoms with Gasteiger partial charge in [0.25, 0.3) is 11.8 Å². The number of anilines is 5. The van der Waals surface area contributed by atoms with Crippen molar-refractivity contribution < 1.29 is 19.2 Å². The number of hydrogen-bond donors (Lipinski definition) is 5. The topological polar surface area (TPSA) is 191 Å². The Bertz CT molecular complexity index is 2310. The van der Waals surface area contributed by atoms with Gasteiger partial charge in [0.1, 0.15) is 17.2 Å². The molecule has 0 bridgehead atoms. The summed E-state index contributed by atoms with van der Waals surface area (Å²) >= 11 is 1.40. The van der Waals surface area contributed by atoms with E-state index in [9.17, 15) is 19.2 Å². The number of aryl methyl sites for hydroxylation is 2. The Labute approximate surface area is 340 Å². The van der Waals surface area contributed by atoms with E-state index < -0.39 is 0 Å². The molecule has 58 heavy (non-hydrogen) atoms. The number of nitrogens with one attached hydrogen (secondary N) is 5. The highest BCUT2D eigenvalue weighted by molar-refractivity contribution is 7.15. The van der Waals surface area contributed by atoms with E-state index >= 15 is 0 Å². The van der Waals surface area contributed by atoms with Crippen LogP contribution in [0.4, 0.5) is 28.3 Å². The van der Waals surface area contributed by atoms with Crippen molar-refractivity contribution in [2.45, 2.75) is 64.3 Å². The summed E-state index contributed by atoms with van der Waals surface area (Å²) in [6.45, 7) is 8.05. The molecule has 16 nitrogen and oxygen atoms in total. The average molecular weight is 805 g/mol. The number of benzene rings is 1. The van der Waals surface area contributed by atoms with Gasteiger partial charge < -0.3 is 30.7 Å². The molecule has 8 rings (SSSR count). The number of carbonyl (C=O) groups is 4. The van der Waals surface area contributed by atoms with Crippen LogP contribution < -0.4 is 31.5 Å². The fraction of sp³-hybridized carbons (Fsp3) is 0.415. The summed E-state index contributed by atoms with van der Waals surface area (Å²) in [7, 11) is 0. The van der Waals surface area contributed by atoms with Crippen molar-refractivity contribution in [1.82, 2.24) is 40.0 Å². The number of hydrogen-bond acceptors (Lipinski definition) is 12. The zero-order valence-electron chi connectivity index (χ0n) is 32.8. The summed E-state index contributed by atoms with van der Waals surface area (Å²) in [5.41, 5.74) is 3.90. The molecule has 5 N–H and O–H groups in total. The maximum atomic E-state index is 12.9. The summed E-state index contributed by atoms with van der Waals surface area (Å²) in [6, 6.07) is 12.7. The third-order valence-electron chi connectivity index (χ3n) is 11.3. The minimum absolute atomic E-state index is 0.0683. The molecule has 2 fully saturated rings. The standard InChI is InChI=1S/C41H48N12O4S/c1-26-27(2)58-40(46-26)50-37(56)30-9-4-5-10-31(30)47-34(54)11-8-16-42-35(55)24-51-17-19-52(20-18-51)29-12-13-33(43-23-29)48-39-44-22-28-21-32-38(57)45-25-41(14-6-3-7-15-41)53(32)36(28)49-39/h4-5,9-10,12-13,21-23H,3,6-8,11,14-20,24-25H2,1-2H3,(H,42,55)(H,45,57)(H,47,54)(H,46,50,56)(H,43,44,48,49). The van der Waals surface area contributed by atoms with Gasteiger partial charge in [-0.3, -0.25) is 29.4 Å². The fourth-order valence-electron chi connectivity index (χ4n) is 8.08. The lowest BCUT2D eigenvalue weighted by molar-refractivity contribution is -0.122. The van der Waals surface area contributed by atoms with Crippen LogP contribution in [0.3, 0.4) is 0 Å². The van der Waals surface area contributed by atoms with Crippen LogP contribution in [0.15, 0.2) is 54.9 Å². The van der Waals surface area contributed by atoms with Crippen molar-refractivity contribution in [2.75, 3.05) is 66.7 Å². The van der Waals surface area contributed by atoms with Crippen LogP contribution in [0.2, 0.25) is 0 Å². The third kappa shape index (κ3) is 8.50. The summed E-state index contributed by atoms with van der Waals surface area (Å²) in [4.78, 5) is 75.0. The number of fused-ring (bicyclic) bond motifs is 4. The molecule has 1 aromatic carbocycles. The Balaban J connectivity index is 0.766. The van der Waals surface area contributed by atoms with Gasteiger partial charge >= 0.3 is 0 Å². The highest BCUT2D eigenvalue weighted by atomic mass is 32.1. The molecule has 1 saturated carbocycles. The minimum Gasteiger partial charge on any atom is -0.368 e. The van der Waals surface area contributed by atoms with E-state index in [2.05, 4.69) is 55.9 Å². The molecule has 5 aromatic rings. The lowest BCUT2D eigenvalue weighted by atomic mass is 9.80. The minimum atomic E-state index is -0.345. The molecular formula is C41H48N12O4S. The summed E-state index contributed by atoms with van der Waals surface area (Å²) in [5, 5.41) is 16.3. The van der Waals surface area contributed by atoms with Gasteiger partial charge in [0.05, 0.1) is 40.9 Å². The molecule has 17 heteroatoms. The first-order valence-electron chi connectivity index (χ1n) is 19.9. The second-order valence-corrected chi connectivity index (χ2v) is 16.5. The van der Waals surface area contributed by atoms with Gasteiger partial charge in [0.15, 0.2) is 5.13 Å². The first kappa shape index (κ1) is 38.9. The van der Waals surface area contributed by atoms with E-state index in [4.69, 9.17) is 4.98 Å². The number of nitrogens with zero attached hydrogens (tertiary/aromatic N) is 7. The Hall–Kier alpha value is -5.94. The van der Waals surface area contributed by atoms with Crippen LogP contribution >= 0.6 is 11.3 Å². The number of aromatic nitrogens is 5. The predicted octanol–water partition coefficient (Wildman–Crippen LogP) is 4.96. The number of piperazine rings is 1. The van der Waals surface area contributed by atoms with Gasteiger partial charge in [-0.05, 0) is 63.4 Å². The quantitative estimate of drug-likeness (QED) is 0.107. The SMILES string of the molecule is Cc1nc(NC(=O)c2ccccc2NC(=O)CCCNC(=O)CN2CCN(c3ccc(Nc4ncc5cc6n(c5n4)C4(CCCCC4)CNC6=O)nc3)CC2)sc1C. The first-order valence-corrected chi connectivity index (χ1v) is 20.7. The highest BCUT2D eigenvalue weighted by Gasteiger charge is 2.41. The highest BCUT2D eigenvalue weighted by Crippen LogP contribution is 2.40. The lowest BCUT2D eigenvalue weighted by Gasteiger charge is -2.42. The number of para-hydroxylation sites is 1. The van der Waals surface area contributed by atoms with Gasteiger partial charge in [-0.1, -0.05) is 31.4 Å². The number of carbonyl (C=O) groups excluding carboxylic acids is 4. The Morgan fingerprint density at radius 2 is 1.72 bits per heavy atom. The van der Waals surface area contributed by atoms with Crippen LogP contribution in [-0.4, -0.2) is 98.8 Å². The molecule has 4 aromatic heterocycles. The molecule has 1 saturated heterocycles. The van der Waals surface area contributed by atoms with E-state index in [0.717, 1.165) is 79.2 Å². The van der Waals surface area contributed by atoms with Crippen LogP contribution in [0.5, 0.6) is 0 Å². The normalized spacial score (nSPS) is 16.4. The van der Waals surface area contributed by atoms with Crippen molar-refractivity contribution in [1.29, 1.82) is 0 Å². The monoisotopic (exact) mass is 804 g/mol. The molecule has 3 aliphatic rings. The van der Waals surface area contributed by atoms with Gasteiger partial charge in [-0.25, -0.2) is 15.0 Å². The van der Waals surface area contributed by atoms with Crippen molar-refractivity contribution in [2.24, 2.45) is 0 Å². The molecule has 2 aliphatic heterocycles. The van der Waals surface area contributed by atoms with E-state index in [-0.39, 0.29) is 42.1 Å². The average Bonchev–Trinajstić information content (AvgIpc) is 3.78. The Morgan fingerprint density at radius 3 is 2.48 bits per heavy atom. The van der Waals surface area contributed by atoms with Gasteiger partial charge in [0.2, 0.25) is 17.8 Å². The summed E-state index contributed by atoms with van der Waals surface area (Å²) < 4.78 is 2.16. The lowest BCUT2D eigenvalue weighted by Crippen LogP contribution is -2.52. The molecular weight excluding hydrogens is 757 g/mol. The van der Waals surface area contributed by atoms with Crippen molar-refractivity contribution in [3.8, 4) is 0 Å². The van der Waals surface area contributed by atoms with Crippen molar-refractivity contribution in [3.05, 3.63) is 76.7 Å². The largest absolute Gasteiger partial charge is 0.368 e. The number of pyridine rings is 1. The molecule has 1 aliphatic carbocycles. The second kappa shape index (κ2) is 16.9. The van der Waals surface area contributed by atoms with Gasteiger partial charge in [-0.2, -0.15) is 4.98 Å². The molecule has 0 atom stereocenters. The van der Waals surface area contributed by atoms with E-state index in [1.807, 2.05) is 38.2 Å². The molecule has 1 spiro atoms. The van der Waals surface area contributed by atoms with Crippen LogP contribution in [0.1, 0.15) is 76.4 Å². The third-order valence-corrected chi connectivity index (χ3v) is 12.3. The van der Waals surface area contributed by atoms with E-state index in [1.165, 1.54) is 17.8 Å². The maximum Gasteiger partial charge on any atom is 0.268 e. The van der Waals surface area contributed by atoms with Gasteiger partial charge in [-0.15, -0.1) is 11.3 Å². The zero-order valence-corrected chi connectivity index (χ0v) is 33.6. The van der Waals surface area contributed by atoms with Crippen LogP contribution in [-0.2, 0) is 15.1 Å². The van der Waals surface area contributed by atoms with Crippen LogP contribution in [0, 0.1) is 13.8 Å². The van der Waals surface area contributed by atoms with Crippen LogP contribution in [0.25, 0.3) is 11.0 Å². The van der Waals surface area contributed by atoms with E-state index in [1.54, 1.807) is 30.5 Å². The van der Waals surface area contributed by atoms with Crippen molar-refractivity contribution in [3.63, 3.8) is 0 Å². The summed E-state index contributed by atoms with van der Waals surface area (Å²) in [6.07, 6.45) is 9.76. The Kier molecular flexibility index (Phi) is 11.3. The molecule has 0 radical (unpaired) electrons.